The minimum absolute atomic E-state index is 0.245. The fourth-order valence-corrected chi connectivity index (χ4v) is 4.08. The van der Waals surface area contributed by atoms with Gasteiger partial charge in [-0.3, -0.25) is 4.98 Å². The van der Waals surface area contributed by atoms with Gasteiger partial charge in [-0.1, -0.05) is 0 Å². The highest BCUT2D eigenvalue weighted by atomic mass is 16.5. The lowest BCUT2D eigenvalue weighted by atomic mass is 10.2. The van der Waals surface area contributed by atoms with Crippen LogP contribution in [-0.4, -0.2) is 57.8 Å². The zero-order chi connectivity index (χ0) is 22.6. The van der Waals surface area contributed by atoms with E-state index in [-0.39, 0.29) is 18.2 Å². The molecule has 0 aliphatic carbocycles. The average Bonchev–Trinajstić information content (AvgIpc) is 3.17. The number of carbonyl (C=O) groups is 1. The number of urea groups is 1. The third-order valence-corrected chi connectivity index (χ3v) is 5.61. The summed E-state index contributed by atoms with van der Waals surface area (Å²) in [5.74, 6) is 1.80. The van der Waals surface area contributed by atoms with Crippen molar-refractivity contribution in [2.45, 2.75) is 32.0 Å². The summed E-state index contributed by atoms with van der Waals surface area (Å²) in [4.78, 5) is 32.4. The molecule has 2 aliphatic rings. The summed E-state index contributed by atoms with van der Waals surface area (Å²) >= 11 is 0. The number of ether oxygens (including phenoxy) is 1. The molecule has 5 rings (SSSR count). The van der Waals surface area contributed by atoms with Crippen molar-refractivity contribution >= 4 is 29.3 Å². The molecule has 1 aromatic carbocycles. The van der Waals surface area contributed by atoms with Gasteiger partial charge >= 0.3 is 6.03 Å². The zero-order valence-electron chi connectivity index (χ0n) is 18.4. The van der Waals surface area contributed by atoms with Crippen LogP contribution in [-0.2, 0) is 4.74 Å². The maximum absolute atomic E-state index is 12.2. The van der Waals surface area contributed by atoms with E-state index in [0.29, 0.717) is 35.6 Å². The van der Waals surface area contributed by atoms with Crippen LogP contribution < -0.4 is 20.9 Å². The highest BCUT2D eigenvalue weighted by molar-refractivity contribution is 5.99. The minimum Gasteiger partial charge on any atom is -0.371 e. The van der Waals surface area contributed by atoms with Crippen molar-refractivity contribution in [3.05, 3.63) is 48.8 Å². The van der Waals surface area contributed by atoms with E-state index in [2.05, 4.69) is 35.8 Å². The topological polar surface area (TPSA) is 117 Å². The molecule has 170 valence electrons. The molecular formula is C23H26N8O2. The Morgan fingerprint density at radius 2 is 1.79 bits per heavy atom. The molecule has 33 heavy (non-hydrogen) atoms. The average molecular weight is 447 g/mol. The molecule has 4 heterocycles. The van der Waals surface area contributed by atoms with Gasteiger partial charge in [0.25, 0.3) is 0 Å². The number of aromatic nitrogens is 4. The van der Waals surface area contributed by atoms with Gasteiger partial charge in [-0.2, -0.15) is 15.0 Å². The summed E-state index contributed by atoms with van der Waals surface area (Å²) < 4.78 is 5.95. The molecule has 0 saturated carbocycles. The molecule has 10 nitrogen and oxygen atoms in total. The highest BCUT2D eigenvalue weighted by Gasteiger charge is 2.35. The molecule has 2 fully saturated rings. The van der Waals surface area contributed by atoms with Crippen molar-refractivity contribution in [2.75, 3.05) is 40.5 Å². The summed E-state index contributed by atoms with van der Waals surface area (Å²) in [6.07, 6.45) is 5.90. The number of anilines is 4. The first-order valence-electron chi connectivity index (χ1n) is 11.1. The molecule has 0 radical (unpaired) electrons. The minimum atomic E-state index is -0.338. The van der Waals surface area contributed by atoms with E-state index in [9.17, 15) is 4.79 Å². The van der Waals surface area contributed by atoms with Crippen LogP contribution in [0.3, 0.4) is 0 Å². The van der Waals surface area contributed by atoms with Crippen molar-refractivity contribution < 1.29 is 9.53 Å². The predicted molar refractivity (Wildman–Crippen MR) is 126 cm³/mol. The third kappa shape index (κ3) is 5.01. The zero-order valence-corrected chi connectivity index (χ0v) is 18.4. The Labute approximate surface area is 191 Å². The van der Waals surface area contributed by atoms with Gasteiger partial charge in [-0.05, 0) is 56.2 Å². The van der Waals surface area contributed by atoms with Gasteiger partial charge in [0.2, 0.25) is 11.9 Å². The van der Waals surface area contributed by atoms with Crippen molar-refractivity contribution in [1.29, 1.82) is 0 Å². The SMILES string of the molecule is CCNc1nc(-c2ccc(NC(=O)Nc3cccnc3)cc2)nc(N2CC3CCC(C2)O3)n1. The first kappa shape index (κ1) is 21.1. The summed E-state index contributed by atoms with van der Waals surface area (Å²) in [5.41, 5.74) is 2.12. The van der Waals surface area contributed by atoms with E-state index >= 15 is 0 Å². The van der Waals surface area contributed by atoms with Crippen molar-refractivity contribution in [2.24, 2.45) is 0 Å². The van der Waals surface area contributed by atoms with E-state index in [1.165, 1.54) is 0 Å². The molecule has 10 heteroatoms. The first-order chi connectivity index (χ1) is 16.2. The van der Waals surface area contributed by atoms with E-state index in [4.69, 9.17) is 9.72 Å². The van der Waals surface area contributed by atoms with Crippen molar-refractivity contribution in [3.63, 3.8) is 0 Å². The van der Waals surface area contributed by atoms with Crippen LogP contribution in [0.15, 0.2) is 48.8 Å². The fourth-order valence-electron chi connectivity index (χ4n) is 4.08. The number of amides is 2. The lowest BCUT2D eigenvalue weighted by Gasteiger charge is -2.32. The highest BCUT2D eigenvalue weighted by Crippen LogP contribution is 2.29. The summed E-state index contributed by atoms with van der Waals surface area (Å²) in [6.45, 7) is 4.31. The van der Waals surface area contributed by atoms with E-state index < -0.39 is 0 Å². The lowest BCUT2D eigenvalue weighted by Crippen LogP contribution is -2.43. The van der Waals surface area contributed by atoms with Crippen LogP contribution in [0.25, 0.3) is 11.4 Å². The molecule has 2 bridgehead atoms. The number of carbonyl (C=O) groups excluding carboxylic acids is 1. The number of morpholine rings is 1. The molecule has 2 amide bonds. The first-order valence-corrected chi connectivity index (χ1v) is 11.1. The third-order valence-electron chi connectivity index (χ3n) is 5.61. The van der Waals surface area contributed by atoms with Crippen LogP contribution >= 0.6 is 0 Å². The van der Waals surface area contributed by atoms with Crippen molar-refractivity contribution in [3.8, 4) is 11.4 Å². The van der Waals surface area contributed by atoms with Gasteiger partial charge in [0, 0.05) is 37.1 Å². The molecule has 2 aliphatic heterocycles. The van der Waals surface area contributed by atoms with Gasteiger partial charge in [0.15, 0.2) is 5.82 Å². The quantitative estimate of drug-likeness (QED) is 0.528. The number of pyridine rings is 1. The molecule has 2 atom stereocenters. The number of fused-ring (bicyclic) bond motifs is 2. The lowest BCUT2D eigenvalue weighted by molar-refractivity contribution is 0.0299. The summed E-state index contributed by atoms with van der Waals surface area (Å²) in [6, 6.07) is 10.6. The van der Waals surface area contributed by atoms with Gasteiger partial charge in [-0.25, -0.2) is 4.79 Å². The number of hydrogen-bond acceptors (Lipinski definition) is 8. The van der Waals surface area contributed by atoms with Gasteiger partial charge in [0.05, 0.1) is 24.1 Å². The van der Waals surface area contributed by atoms with Crippen LogP contribution in [0.4, 0.5) is 28.1 Å². The molecule has 2 unspecified atom stereocenters. The van der Waals surface area contributed by atoms with Crippen LogP contribution in [0.5, 0.6) is 0 Å². The largest absolute Gasteiger partial charge is 0.371 e. The molecule has 3 N–H and O–H groups in total. The normalized spacial score (nSPS) is 19.2. The second kappa shape index (κ2) is 9.37. The maximum atomic E-state index is 12.2. The summed E-state index contributed by atoms with van der Waals surface area (Å²) in [5, 5.41) is 8.77. The van der Waals surface area contributed by atoms with Crippen LogP contribution in [0.2, 0.25) is 0 Å². The number of nitrogens with one attached hydrogen (secondary N) is 3. The van der Waals surface area contributed by atoms with E-state index in [1.54, 1.807) is 24.5 Å². The monoisotopic (exact) mass is 446 g/mol. The fraction of sp³-hybridized carbons (Fsp3) is 0.348. The second-order valence-electron chi connectivity index (χ2n) is 8.07. The maximum Gasteiger partial charge on any atom is 0.323 e. The second-order valence-corrected chi connectivity index (χ2v) is 8.07. The smallest absolute Gasteiger partial charge is 0.323 e. The number of rotatable bonds is 6. The standard InChI is InChI=1S/C23H26N8O2/c1-2-25-21-28-20(29-22(30-21)31-13-18-9-10-19(14-31)33-18)15-5-7-16(8-6-15)26-23(32)27-17-4-3-11-24-12-17/h3-8,11-12,18-19H,2,9-10,13-14H2,1H3,(H2,26,27,32)(H,25,28,29,30). The molecule has 2 saturated heterocycles. The Morgan fingerprint density at radius 1 is 1.03 bits per heavy atom. The van der Waals surface area contributed by atoms with Crippen molar-refractivity contribution in [1.82, 2.24) is 19.9 Å². The summed E-state index contributed by atoms with van der Waals surface area (Å²) in [7, 11) is 0. The number of hydrogen-bond donors (Lipinski definition) is 3. The Balaban J connectivity index is 1.32. The Bertz CT molecular complexity index is 1100. The van der Waals surface area contributed by atoms with Gasteiger partial charge < -0.3 is 25.6 Å². The van der Waals surface area contributed by atoms with Crippen LogP contribution in [0.1, 0.15) is 19.8 Å². The molecular weight excluding hydrogens is 420 g/mol. The number of benzene rings is 1. The van der Waals surface area contributed by atoms with Gasteiger partial charge in [0.1, 0.15) is 0 Å². The Kier molecular flexibility index (Phi) is 5.99. The van der Waals surface area contributed by atoms with E-state index in [0.717, 1.165) is 31.5 Å². The Morgan fingerprint density at radius 3 is 2.48 bits per heavy atom. The van der Waals surface area contributed by atoms with E-state index in [1.807, 2.05) is 31.2 Å². The molecule has 2 aromatic heterocycles. The number of nitrogens with zero attached hydrogens (tertiary/aromatic N) is 5. The van der Waals surface area contributed by atoms with Gasteiger partial charge in [-0.15, -0.1) is 0 Å². The molecule has 0 spiro atoms. The predicted octanol–water partition coefficient (Wildman–Crippen LogP) is 3.38. The Hall–Kier alpha value is -3.79. The van der Waals surface area contributed by atoms with Crippen LogP contribution in [0, 0.1) is 0 Å². The molecule has 3 aromatic rings.